The average molecular weight is 489 g/mol. The van der Waals surface area contributed by atoms with Crippen molar-refractivity contribution in [3.05, 3.63) is 58.1 Å². The van der Waals surface area contributed by atoms with E-state index in [1.165, 1.54) is 4.31 Å². The maximum atomic E-state index is 13.6. The van der Waals surface area contributed by atoms with Crippen LogP contribution in [0.2, 0.25) is 0 Å². The van der Waals surface area contributed by atoms with Crippen molar-refractivity contribution >= 4 is 31.6 Å². The number of nitriles is 1. The Bertz CT molecular complexity index is 1110. The summed E-state index contributed by atoms with van der Waals surface area (Å²) >= 11 is 3.39. The first kappa shape index (κ1) is 21.3. The van der Waals surface area contributed by atoms with Crippen LogP contribution in [0.25, 0.3) is 0 Å². The van der Waals surface area contributed by atoms with Crippen LogP contribution >= 0.6 is 15.9 Å². The molecule has 2 aromatic carbocycles. The molecule has 0 N–H and O–H groups in total. The smallest absolute Gasteiger partial charge is 0.265 e. The van der Waals surface area contributed by atoms with E-state index in [2.05, 4.69) is 45.8 Å². The Kier molecular flexibility index (Phi) is 5.66. The Morgan fingerprint density at radius 3 is 2.50 bits per heavy atom. The van der Waals surface area contributed by atoms with Gasteiger partial charge in [0.1, 0.15) is 4.90 Å². The highest BCUT2D eigenvalue weighted by atomic mass is 79.9. The van der Waals surface area contributed by atoms with Gasteiger partial charge in [-0.1, -0.05) is 19.1 Å². The first-order chi connectivity index (χ1) is 14.2. The van der Waals surface area contributed by atoms with E-state index >= 15 is 0 Å². The fraction of sp³-hybridized carbons (Fsp3) is 0.409. The summed E-state index contributed by atoms with van der Waals surface area (Å²) in [6.07, 6.45) is 0. The van der Waals surface area contributed by atoms with Crippen molar-refractivity contribution in [2.75, 3.05) is 50.6 Å². The Balaban J connectivity index is 1.75. The number of benzene rings is 2. The van der Waals surface area contributed by atoms with Gasteiger partial charge in [0.15, 0.2) is 0 Å². The molecule has 2 aromatic rings. The van der Waals surface area contributed by atoms with Crippen LogP contribution in [0, 0.1) is 11.3 Å². The Morgan fingerprint density at radius 2 is 1.83 bits per heavy atom. The molecule has 0 bridgehead atoms. The minimum Gasteiger partial charge on any atom is -0.304 e. The zero-order valence-electron chi connectivity index (χ0n) is 17.2. The third-order valence-electron chi connectivity index (χ3n) is 6.11. The summed E-state index contributed by atoms with van der Waals surface area (Å²) in [5, 5.41) is 9.43. The minimum absolute atomic E-state index is 0.254. The predicted octanol–water partition coefficient (Wildman–Crippen LogP) is 3.03. The number of nitrogens with zero attached hydrogens (tertiary/aromatic N) is 4. The van der Waals surface area contributed by atoms with Gasteiger partial charge in [0.05, 0.1) is 17.3 Å². The van der Waals surface area contributed by atoms with Crippen molar-refractivity contribution in [3.63, 3.8) is 0 Å². The maximum Gasteiger partial charge on any atom is 0.265 e. The largest absolute Gasteiger partial charge is 0.304 e. The molecule has 8 heteroatoms. The molecule has 1 unspecified atom stereocenters. The molecule has 158 valence electrons. The lowest BCUT2D eigenvalue weighted by Gasteiger charge is -2.38. The molecular weight excluding hydrogens is 464 g/mol. The minimum atomic E-state index is -3.75. The quantitative estimate of drug-likeness (QED) is 0.661. The summed E-state index contributed by atoms with van der Waals surface area (Å²) < 4.78 is 29.3. The lowest BCUT2D eigenvalue weighted by Crippen LogP contribution is -2.50. The molecule has 1 saturated heterocycles. The van der Waals surface area contributed by atoms with Gasteiger partial charge in [0.25, 0.3) is 10.0 Å². The van der Waals surface area contributed by atoms with Gasteiger partial charge in [0.2, 0.25) is 0 Å². The van der Waals surface area contributed by atoms with Crippen molar-refractivity contribution in [2.45, 2.75) is 17.2 Å². The molecule has 0 spiro atoms. The number of sulfonamides is 1. The van der Waals surface area contributed by atoms with Gasteiger partial charge < -0.3 is 4.90 Å². The number of anilines is 1. The molecule has 2 heterocycles. The van der Waals surface area contributed by atoms with Crippen LogP contribution in [-0.4, -0.2) is 64.5 Å². The van der Waals surface area contributed by atoms with E-state index in [-0.39, 0.29) is 4.90 Å². The van der Waals surface area contributed by atoms with Gasteiger partial charge in [-0.3, -0.25) is 9.21 Å². The molecular formula is C22H25BrN4O2S. The second-order valence-corrected chi connectivity index (χ2v) is 11.1. The SMILES string of the molecule is CN1CCN(CC2(C)CN(S(=O)(=O)c3ccccc3Br)c3ccc(C#N)cc32)CC1. The Hall–Kier alpha value is -1.92. The first-order valence-electron chi connectivity index (χ1n) is 9.97. The molecule has 0 amide bonds. The van der Waals surface area contributed by atoms with Gasteiger partial charge in [-0.05, 0) is 58.9 Å². The molecule has 0 radical (unpaired) electrons. The molecule has 1 fully saturated rings. The Morgan fingerprint density at radius 1 is 1.13 bits per heavy atom. The summed E-state index contributed by atoms with van der Waals surface area (Å²) in [4.78, 5) is 4.96. The molecule has 6 nitrogen and oxygen atoms in total. The van der Waals surface area contributed by atoms with E-state index in [0.29, 0.717) is 22.3 Å². The number of halogens is 1. The van der Waals surface area contributed by atoms with Crippen LogP contribution in [0.15, 0.2) is 51.8 Å². The third kappa shape index (κ3) is 3.76. The van der Waals surface area contributed by atoms with Crippen molar-refractivity contribution in [2.24, 2.45) is 0 Å². The number of likely N-dealkylation sites (N-methyl/N-ethyl adjacent to an activating group) is 1. The predicted molar refractivity (Wildman–Crippen MR) is 121 cm³/mol. The van der Waals surface area contributed by atoms with Gasteiger partial charge in [-0.25, -0.2) is 8.42 Å². The molecule has 30 heavy (non-hydrogen) atoms. The maximum absolute atomic E-state index is 13.6. The van der Waals surface area contributed by atoms with Crippen LogP contribution in [0.5, 0.6) is 0 Å². The molecule has 4 rings (SSSR count). The molecule has 0 saturated carbocycles. The topological polar surface area (TPSA) is 67.7 Å². The van der Waals surface area contributed by atoms with Gasteiger partial charge in [-0.15, -0.1) is 0 Å². The number of hydrogen-bond donors (Lipinski definition) is 0. The van der Waals surface area contributed by atoms with E-state index in [1.807, 2.05) is 6.07 Å². The lowest BCUT2D eigenvalue weighted by atomic mass is 9.83. The van der Waals surface area contributed by atoms with E-state index in [9.17, 15) is 13.7 Å². The molecule has 0 aliphatic carbocycles. The van der Waals surface area contributed by atoms with Crippen LogP contribution in [-0.2, 0) is 15.4 Å². The normalized spacial score (nSPS) is 22.7. The van der Waals surface area contributed by atoms with Gasteiger partial charge in [-0.2, -0.15) is 5.26 Å². The Labute approximate surface area is 186 Å². The van der Waals surface area contributed by atoms with Crippen molar-refractivity contribution in [1.82, 2.24) is 9.80 Å². The molecule has 2 aliphatic heterocycles. The monoisotopic (exact) mass is 488 g/mol. The van der Waals surface area contributed by atoms with Crippen LogP contribution in [0.1, 0.15) is 18.1 Å². The standard InChI is InChI=1S/C22H25BrN4O2S/c1-22(15-26-11-9-25(2)10-12-26)16-27(20-8-7-17(14-24)13-18(20)22)30(28,29)21-6-4-3-5-19(21)23/h3-8,13H,9-12,15-16H2,1-2H3. The van der Waals surface area contributed by atoms with E-state index in [0.717, 1.165) is 38.3 Å². The molecule has 1 atom stereocenters. The summed E-state index contributed by atoms with van der Waals surface area (Å²) in [5.41, 5.74) is 1.75. The molecule has 2 aliphatic rings. The zero-order chi connectivity index (χ0) is 21.5. The number of piperazine rings is 1. The van der Waals surface area contributed by atoms with Crippen molar-refractivity contribution in [3.8, 4) is 6.07 Å². The second-order valence-electron chi connectivity index (χ2n) is 8.43. The third-order valence-corrected chi connectivity index (χ3v) is 8.88. The van der Waals surface area contributed by atoms with Crippen LogP contribution < -0.4 is 4.31 Å². The summed E-state index contributed by atoms with van der Waals surface area (Å²) in [6, 6.07) is 14.4. The highest BCUT2D eigenvalue weighted by Gasteiger charge is 2.45. The lowest BCUT2D eigenvalue weighted by molar-refractivity contribution is 0.132. The molecule has 0 aromatic heterocycles. The highest BCUT2D eigenvalue weighted by molar-refractivity contribution is 9.10. The van der Waals surface area contributed by atoms with Crippen molar-refractivity contribution in [1.29, 1.82) is 5.26 Å². The van der Waals surface area contributed by atoms with Gasteiger partial charge in [0, 0.05) is 49.2 Å². The second kappa shape index (κ2) is 7.97. The summed E-state index contributed by atoms with van der Waals surface area (Å²) in [6.45, 7) is 7.13. The number of hydrogen-bond acceptors (Lipinski definition) is 5. The fourth-order valence-electron chi connectivity index (χ4n) is 4.42. The summed E-state index contributed by atoms with van der Waals surface area (Å²) in [5.74, 6) is 0. The van der Waals surface area contributed by atoms with Crippen LogP contribution in [0.3, 0.4) is 0 Å². The van der Waals surface area contributed by atoms with Crippen LogP contribution in [0.4, 0.5) is 5.69 Å². The van der Waals surface area contributed by atoms with E-state index in [1.54, 1.807) is 36.4 Å². The van der Waals surface area contributed by atoms with Gasteiger partial charge >= 0.3 is 0 Å². The fourth-order valence-corrected chi connectivity index (χ4v) is 6.99. The first-order valence-corrected chi connectivity index (χ1v) is 12.2. The number of rotatable bonds is 4. The van der Waals surface area contributed by atoms with E-state index < -0.39 is 15.4 Å². The zero-order valence-corrected chi connectivity index (χ0v) is 19.6. The summed E-state index contributed by atoms with van der Waals surface area (Å²) in [7, 11) is -1.63. The van der Waals surface area contributed by atoms with Crippen molar-refractivity contribution < 1.29 is 8.42 Å². The van der Waals surface area contributed by atoms with E-state index in [4.69, 9.17) is 0 Å². The number of fused-ring (bicyclic) bond motifs is 1. The average Bonchev–Trinajstić information content (AvgIpc) is 3.02. The highest BCUT2D eigenvalue weighted by Crippen LogP contribution is 2.45.